The van der Waals surface area contributed by atoms with E-state index in [9.17, 15) is 12.8 Å². The van der Waals surface area contributed by atoms with Crippen LogP contribution in [0.25, 0.3) is 0 Å². The van der Waals surface area contributed by atoms with Gasteiger partial charge in [-0.05, 0) is 36.8 Å². The molecule has 0 saturated heterocycles. The van der Waals surface area contributed by atoms with E-state index in [1.54, 1.807) is 0 Å². The van der Waals surface area contributed by atoms with Crippen LogP contribution in [0.2, 0.25) is 0 Å². The molecular weight excluding hydrogens is 267 g/mol. The van der Waals surface area contributed by atoms with Crippen molar-refractivity contribution in [2.45, 2.75) is 50.6 Å². The number of nitrogens with zero attached hydrogens (tertiary/aromatic N) is 1. The van der Waals surface area contributed by atoms with Gasteiger partial charge < -0.3 is 0 Å². The SMILES string of the molecule is CC1(C)CCCC(NS(=O)(=O)c2ncccc2F)C1. The van der Waals surface area contributed by atoms with Gasteiger partial charge in [-0.25, -0.2) is 22.5 Å². The molecule has 4 nitrogen and oxygen atoms in total. The molecule has 2 rings (SSSR count). The number of aromatic nitrogens is 1. The molecule has 1 unspecified atom stereocenters. The van der Waals surface area contributed by atoms with Crippen molar-refractivity contribution in [2.24, 2.45) is 5.41 Å². The highest BCUT2D eigenvalue weighted by Gasteiger charge is 2.32. The number of nitrogens with one attached hydrogen (secondary N) is 1. The van der Waals surface area contributed by atoms with Gasteiger partial charge in [-0.3, -0.25) is 0 Å². The predicted octanol–water partition coefficient (Wildman–Crippen LogP) is 2.47. The van der Waals surface area contributed by atoms with Crippen LogP contribution in [0.1, 0.15) is 39.5 Å². The van der Waals surface area contributed by atoms with Crippen molar-refractivity contribution >= 4 is 10.0 Å². The second kappa shape index (κ2) is 5.17. The van der Waals surface area contributed by atoms with E-state index in [-0.39, 0.29) is 11.5 Å². The van der Waals surface area contributed by atoms with Gasteiger partial charge in [0.2, 0.25) is 5.03 Å². The van der Waals surface area contributed by atoms with Crippen LogP contribution in [0.3, 0.4) is 0 Å². The lowest BCUT2D eigenvalue weighted by Crippen LogP contribution is -2.41. The number of halogens is 1. The fourth-order valence-electron chi connectivity index (χ4n) is 2.64. The van der Waals surface area contributed by atoms with Crippen LogP contribution in [0.5, 0.6) is 0 Å². The number of hydrogen-bond donors (Lipinski definition) is 1. The number of pyridine rings is 1. The summed E-state index contributed by atoms with van der Waals surface area (Å²) >= 11 is 0. The fraction of sp³-hybridized carbons (Fsp3) is 0.615. The first-order valence-corrected chi connectivity index (χ1v) is 7.91. The van der Waals surface area contributed by atoms with Crippen LogP contribution in [0, 0.1) is 11.2 Å². The molecule has 1 aromatic rings. The minimum absolute atomic E-state index is 0.119. The van der Waals surface area contributed by atoms with Crippen LogP contribution < -0.4 is 4.72 Å². The zero-order valence-electron chi connectivity index (χ0n) is 11.2. The molecule has 0 aromatic carbocycles. The molecular formula is C13H19FN2O2S. The molecule has 19 heavy (non-hydrogen) atoms. The molecule has 1 fully saturated rings. The standard InChI is InChI=1S/C13H19FN2O2S/c1-13(2)7-3-5-10(9-13)16-19(17,18)12-11(14)6-4-8-15-12/h4,6,8,10,16H,3,5,7,9H2,1-2H3. The average molecular weight is 286 g/mol. The highest BCUT2D eigenvalue weighted by molar-refractivity contribution is 7.89. The Morgan fingerprint density at radius 2 is 2.21 bits per heavy atom. The lowest BCUT2D eigenvalue weighted by molar-refractivity contribution is 0.212. The van der Waals surface area contributed by atoms with E-state index in [1.165, 1.54) is 12.3 Å². The molecule has 0 radical (unpaired) electrons. The number of hydrogen-bond acceptors (Lipinski definition) is 3. The molecule has 1 heterocycles. The minimum Gasteiger partial charge on any atom is -0.241 e. The van der Waals surface area contributed by atoms with Gasteiger partial charge in [0.1, 0.15) is 0 Å². The van der Waals surface area contributed by atoms with E-state index in [0.29, 0.717) is 0 Å². The fourth-order valence-corrected chi connectivity index (χ4v) is 3.92. The monoisotopic (exact) mass is 286 g/mol. The Bertz CT molecular complexity index is 558. The lowest BCUT2D eigenvalue weighted by atomic mass is 9.75. The van der Waals surface area contributed by atoms with Crippen LogP contribution in [0.4, 0.5) is 4.39 Å². The van der Waals surface area contributed by atoms with Crippen LogP contribution in [-0.4, -0.2) is 19.4 Å². The van der Waals surface area contributed by atoms with Gasteiger partial charge in [0, 0.05) is 12.2 Å². The minimum atomic E-state index is -3.88. The Morgan fingerprint density at radius 1 is 1.47 bits per heavy atom. The maximum Gasteiger partial charge on any atom is 0.261 e. The summed E-state index contributed by atoms with van der Waals surface area (Å²) < 4.78 is 40.3. The summed E-state index contributed by atoms with van der Waals surface area (Å²) in [4.78, 5) is 3.63. The van der Waals surface area contributed by atoms with Gasteiger partial charge in [-0.15, -0.1) is 0 Å². The van der Waals surface area contributed by atoms with Gasteiger partial charge in [-0.1, -0.05) is 20.3 Å². The third-order valence-electron chi connectivity index (χ3n) is 3.51. The summed E-state index contributed by atoms with van der Waals surface area (Å²) in [6.45, 7) is 4.24. The zero-order chi connectivity index (χ0) is 14.1. The Hall–Kier alpha value is -1.01. The Morgan fingerprint density at radius 3 is 2.84 bits per heavy atom. The van der Waals surface area contributed by atoms with E-state index in [1.807, 2.05) is 0 Å². The second-order valence-corrected chi connectivity index (χ2v) is 7.50. The molecule has 1 N–H and O–H groups in total. The number of sulfonamides is 1. The van der Waals surface area contributed by atoms with Gasteiger partial charge in [0.15, 0.2) is 5.82 Å². The van der Waals surface area contributed by atoms with Crippen molar-refractivity contribution in [1.29, 1.82) is 0 Å². The molecule has 0 aliphatic heterocycles. The highest BCUT2D eigenvalue weighted by atomic mass is 32.2. The third kappa shape index (κ3) is 3.51. The largest absolute Gasteiger partial charge is 0.261 e. The average Bonchev–Trinajstić information content (AvgIpc) is 2.27. The molecule has 0 bridgehead atoms. The topological polar surface area (TPSA) is 59.1 Å². The van der Waals surface area contributed by atoms with E-state index in [2.05, 4.69) is 23.6 Å². The summed E-state index contributed by atoms with van der Waals surface area (Å²) in [6, 6.07) is 2.33. The smallest absolute Gasteiger partial charge is 0.241 e. The second-order valence-electron chi connectivity index (χ2n) is 5.87. The van der Waals surface area contributed by atoms with E-state index in [0.717, 1.165) is 31.7 Å². The Labute approximate surface area is 113 Å². The first-order valence-electron chi connectivity index (χ1n) is 6.43. The van der Waals surface area contributed by atoms with Gasteiger partial charge >= 0.3 is 0 Å². The molecule has 6 heteroatoms. The maximum atomic E-state index is 13.5. The molecule has 0 spiro atoms. The summed E-state index contributed by atoms with van der Waals surface area (Å²) in [5.41, 5.74) is 0.119. The van der Waals surface area contributed by atoms with Crippen LogP contribution >= 0.6 is 0 Å². The summed E-state index contributed by atoms with van der Waals surface area (Å²) in [5.74, 6) is -0.815. The van der Waals surface area contributed by atoms with E-state index in [4.69, 9.17) is 0 Å². The Balaban J connectivity index is 2.16. The first kappa shape index (κ1) is 14.4. The summed E-state index contributed by atoms with van der Waals surface area (Å²) in [5, 5.41) is -0.515. The highest BCUT2D eigenvalue weighted by Crippen LogP contribution is 2.35. The van der Waals surface area contributed by atoms with Crippen molar-refractivity contribution in [3.63, 3.8) is 0 Å². The van der Waals surface area contributed by atoms with Crippen LogP contribution in [-0.2, 0) is 10.0 Å². The first-order chi connectivity index (χ1) is 8.80. The predicted molar refractivity (Wildman–Crippen MR) is 70.6 cm³/mol. The number of rotatable bonds is 3. The molecule has 1 aromatic heterocycles. The van der Waals surface area contributed by atoms with Gasteiger partial charge in [-0.2, -0.15) is 0 Å². The van der Waals surface area contributed by atoms with Gasteiger partial charge in [0.25, 0.3) is 10.0 Å². The van der Waals surface area contributed by atoms with Crippen molar-refractivity contribution in [2.75, 3.05) is 0 Å². The molecule has 1 aliphatic rings. The van der Waals surface area contributed by atoms with Crippen molar-refractivity contribution in [3.05, 3.63) is 24.1 Å². The van der Waals surface area contributed by atoms with Crippen LogP contribution in [0.15, 0.2) is 23.4 Å². The zero-order valence-corrected chi connectivity index (χ0v) is 12.0. The molecule has 106 valence electrons. The van der Waals surface area contributed by atoms with Gasteiger partial charge in [0.05, 0.1) is 0 Å². The molecule has 1 atom stereocenters. The third-order valence-corrected chi connectivity index (χ3v) is 4.96. The summed E-state index contributed by atoms with van der Waals surface area (Å²) in [6.07, 6.45) is 4.90. The van der Waals surface area contributed by atoms with Crippen molar-refractivity contribution < 1.29 is 12.8 Å². The quantitative estimate of drug-likeness (QED) is 0.928. The molecule has 0 amide bonds. The normalized spacial score (nSPS) is 23.2. The van der Waals surface area contributed by atoms with Crippen molar-refractivity contribution in [3.8, 4) is 0 Å². The molecule has 1 saturated carbocycles. The molecule has 1 aliphatic carbocycles. The Kier molecular flexibility index (Phi) is 3.92. The maximum absolute atomic E-state index is 13.5. The summed E-state index contributed by atoms with van der Waals surface area (Å²) in [7, 11) is -3.88. The lowest BCUT2D eigenvalue weighted by Gasteiger charge is -2.35. The van der Waals surface area contributed by atoms with E-state index < -0.39 is 20.9 Å². The van der Waals surface area contributed by atoms with Crippen molar-refractivity contribution in [1.82, 2.24) is 9.71 Å². The van der Waals surface area contributed by atoms with E-state index >= 15 is 0 Å².